The van der Waals surface area contributed by atoms with Crippen LogP contribution in [0.15, 0.2) is 35.7 Å². The highest BCUT2D eigenvalue weighted by atomic mass is 32.1. The van der Waals surface area contributed by atoms with E-state index in [0.717, 1.165) is 11.3 Å². The summed E-state index contributed by atoms with van der Waals surface area (Å²) in [4.78, 5) is 40.4. The molecule has 1 aromatic heterocycles. The molecule has 0 aliphatic heterocycles. The predicted molar refractivity (Wildman–Crippen MR) is 108 cm³/mol. The van der Waals surface area contributed by atoms with Crippen LogP contribution >= 0.6 is 11.3 Å². The van der Waals surface area contributed by atoms with E-state index in [1.54, 1.807) is 18.4 Å². The highest BCUT2D eigenvalue weighted by Gasteiger charge is 2.20. The molecule has 0 aliphatic carbocycles. The van der Waals surface area contributed by atoms with Gasteiger partial charge >= 0.3 is 6.09 Å². The zero-order chi connectivity index (χ0) is 21.2. The van der Waals surface area contributed by atoms with Crippen molar-refractivity contribution in [2.45, 2.75) is 13.8 Å². The lowest BCUT2D eigenvalue weighted by Gasteiger charge is -2.18. The van der Waals surface area contributed by atoms with Gasteiger partial charge in [0, 0.05) is 31.5 Å². The van der Waals surface area contributed by atoms with Gasteiger partial charge in [-0.1, -0.05) is 12.1 Å². The van der Waals surface area contributed by atoms with Gasteiger partial charge in [0.2, 0.25) is 11.8 Å². The molecule has 0 spiro atoms. The molecule has 2 rings (SSSR count). The molecular weight excluding hydrogens is 399 g/mol. The Morgan fingerprint density at radius 2 is 1.97 bits per heavy atom. The van der Waals surface area contributed by atoms with Crippen LogP contribution in [-0.4, -0.2) is 42.6 Å². The van der Waals surface area contributed by atoms with E-state index < -0.39 is 11.9 Å². The van der Waals surface area contributed by atoms with Gasteiger partial charge in [0.15, 0.2) is 5.13 Å². The van der Waals surface area contributed by atoms with E-state index in [-0.39, 0.29) is 37.2 Å². The molecule has 3 amide bonds. The molecule has 2 aromatic rings. The Morgan fingerprint density at radius 3 is 2.66 bits per heavy atom. The first-order valence-electron chi connectivity index (χ1n) is 8.79. The quantitative estimate of drug-likeness (QED) is 0.505. The molecular formula is C19H21FN4O4S. The highest BCUT2D eigenvalue weighted by molar-refractivity contribution is 7.14. The number of amides is 3. The minimum absolute atomic E-state index is 0.108. The van der Waals surface area contributed by atoms with E-state index in [2.05, 4.69) is 15.6 Å². The second-order valence-corrected chi connectivity index (χ2v) is 6.47. The molecule has 8 nitrogen and oxygen atoms in total. The van der Waals surface area contributed by atoms with Gasteiger partial charge in [-0.3, -0.25) is 14.5 Å². The van der Waals surface area contributed by atoms with E-state index in [4.69, 9.17) is 4.74 Å². The van der Waals surface area contributed by atoms with Crippen LogP contribution in [0.4, 0.5) is 20.0 Å². The number of thiazole rings is 1. The SMILES string of the molecule is CCOC(=O)NCCNC(=O)/C=C/c1csc(N(C(C)=O)c2ccccc2F)n1. The number of carbonyl (C=O) groups is 3. The van der Waals surface area contributed by atoms with Gasteiger partial charge in [-0.15, -0.1) is 11.3 Å². The molecule has 0 saturated heterocycles. The van der Waals surface area contributed by atoms with Gasteiger partial charge in [-0.05, 0) is 25.1 Å². The van der Waals surface area contributed by atoms with Crippen LogP contribution in [0.25, 0.3) is 6.08 Å². The van der Waals surface area contributed by atoms with E-state index in [9.17, 15) is 18.8 Å². The minimum atomic E-state index is -0.544. The number of benzene rings is 1. The van der Waals surface area contributed by atoms with Crippen LogP contribution in [0.1, 0.15) is 19.5 Å². The molecule has 154 valence electrons. The van der Waals surface area contributed by atoms with Crippen molar-refractivity contribution in [3.63, 3.8) is 0 Å². The molecule has 29 heavy (non-hydrogen) atoms. The third-order valence-corrected chi connectivity index (χ3v) is 4.33. The molecule has 0 aliphatic rings. The van der Waals surface area contributed by atoms with Crippen molar-refractivity contribution in [3.8, 4) is 0 Å². The van der Waals surface area contributed by atoms with Crippen molar-refractivity contribution < 1.29 is 23.5 Å². The van der Waals surface area contributed by atoms with Crippen molar-refractivity contribution in [2.75, 3.05) is 24.6 Å². The van der Waals surface area contributed by atoms with Gasteiger partial charge in [0.05, 0.1) is 18.0 Å². The largest absolute Gasteiger partial charge is 0.450 e. The summed E-state index contributed by atoms with van der Waals surface area (Å²) in [6.07, 6.45) is 2.22. The van der Waals surface area contributed by atoms with E-state index >= 15 is 0 Å². The van der Waals surface area contributed by atoms with Crippen LogP contribution in [-0.2, 0) is 14.3 Å². The van der Waals surface area contributed by atoms with Crippen LogP contribution in [0, 0.1) is 5.82 Å². The number of nitrogens with zero attached hydrogens (tertiary/aromatic N) is 2. The van der Waals surface area contributed by atoms with Crippen LogP contribution in [0.2, 0.25) is 0 Å². The van der Waals surface area contributed by atoms with Crippen molar-refractivity contribution in [1.82, 2.24) is 15.6 Å². The fourth-order valence-electron chi connectivity index (χ4n) is 2.25. The molecule has 0 saturated carbocycles. The normalized spacial score (nSPS) is 10.6. The summed E-state index contributed by atoms with van der Waals surface area (Å²) in [5.41, 5.74) is 0.559. The molecule has 0 unspecified atom stereocenters. The number of aromatic nitrogens is 1. The topological polar surface area (TPSA) is 101 Å². The number of alkyl carbamates (subject to hydrolysis) is 1. The molecule has 0 radical (unpaired) electrons. The Labute approximate surface area is 171 Å². The number of hydrogen-bond acceptors (Lipinski definition) is 6. The third-order valence-electron chi connectivity index (χ3n) is 3.48. The zero-order valence-electron chi connectivity index (χ0n) is 16.0. The van der Waals surface area contributed by atoms with Gasteiger partial charge in [-0.2, -0.15) is 0 Å². The molecule has 10 heteroatoms. The monoisotopic (exact) mass is 420 g/mol. The second-order valence-electron chi connectivity index (χ2n) is 5.63. The van der Waals surface area contributed by atoms with Gasteiger partial charge in [0.1, 0.15) is 5.82 Å². The smallest absolute Gasteiger partial charge is 0.407 e. The van der Waals surface area contributed by atoms with E-state index in [1.807, 2.05) is 0 Å². The first kappa shape index (κ1) is 22.0. The highest BCUT2D eigenvalue weighted by Crippen LogP contribution is 2.30. The van der Waals surface area contributed by atoms with Crippen molar-refractivity contribution >= 4 is 46.1 Å². The van der Waals surface area contributed by atoms with Crippen LogP contribution in [0.3, 0.4) is 0 Å². The van der Waals surface area contributed by atoms with E-state index in [0.29, 0.717) is 10.8 Å². The Kier molecular flexibility index (Phi) is 8.28. The Hall–Kier alpha value is -3.27. The number of ether oxygens (including phenoxy) is 1. The first-order valence-corrected chi connectivity index (χ1v) is 9.67. The number of nitrogens with one attached hydrogen (secondary N) is 2. The zero-order valence-corrected chi connectivity index (χ0v) is 16.8. The average Bonchev–Trinajstić information content (AvgIpc) is 3.14. The number of anilines is 2. The Balaban J connectivity index is 1.95. The summed E-state index contributed by atoms with van der Waals surface area (Å²) in [6.45, 7) is 3.75. The van der Waals surface area contributed by atoms with Crippen molar-refractivity contribution in [3.05, 3.63) is 47.2 Å². The maximum Gasteiger partial charge on any atom is 0.407 e. The third kappa shape index (κ3) is 6.68. The summed E-state index contributed by atoms with van der Waals surface area (Å²) in [5, 5.41) is 7.02. The maximum atomic E-state index is 14.1. The lowest BCUT2D eigenvalue weighted by atomic mass is 10.3. The average molecular weight is 420 g/mol. The number of para-hydroxylation sites is 1. The molecule has 1 heterocycles. The fraction of sp³-hybridized carbons (Fsp3) is 0.263. The standard InChI is InChI=1S/C19H21FN4O4S/c1-3-28-19(27)22-11-10-21-17(26)9-8-14-12-29-18(23-14)24(13(2)25)16-7-5-4-6-15(16)20/h4-9,12H,3,10-11H2,1-2H3,(H,21,26)(H,22,27)/b9-8+. The summed E-state index contributed by atoms with van der Waals surface area (Å²) >= 11 is 1.15. The Bertz CT molecular complexity index is 900. The number of hydrogen-bond donors (Lipinski definition) is 2. The van der Waals surface area contributed by atoms with Gasteiger partial charge in [0.25, 0.3) is 0 Å². The lowest BCUT2D eigenvalue weighted by Crippen LogP contribution is -2.34. The van der Waals surface area contributed by atoms with Crippen LogP contribution < -0.4 is 15.5 Å². The summed E-state index contributed by atoms with van der Waals surface area (Å²) in [5.74, 6) is -1.29. The predicted octanol–water partition coefficient (Wildman–Crippen LogP) is 2.84. The molecule has 2 N–H and O–H groups in total. The van der Waals surface area contributed by atoms with Crippen molar-refractivity contribution in [2.24, 2.45) is 0 Å². The van der Waals surface area contributed by atoms with Crippen LogP contribution in [0.5, 0.6) is 0 Å². The summed E-state index contributed by atoms with van der Waals surface area (Å²) < 4.78 is 18.8. The molecule has 0 atom stereocenters. The summed E-state index contributed by atoms with van der Waals surface area (Å²) in [7, 11) is 0. The Morgan fingerprint density at radius 1 is 1.24 bits per heavy atom. The van der Waals surface area contributed by atoms with E-state index in [1.165, 1.54) is 42.2 Å². The lowest BCUT2D eigenvalue weighted by molar-refractivity contribution is -0.117. The van der Waals surface area contributed by atoms with Crippen molar-refractivity contribution in [1.29, 1.82) is 0 Å². The maximum absolute atomic E-state index is 14.1. The first-order chi connectivity index (χ1) is 13.9. The second kappa shape index (κ2) is 10.9. The summed E-state index contributed by atoms with van der Waals surface area (Å²) in [6, 6.07) is 5.92. The number of carbonyl (C=O) groups excluding carboxylic acids is 3. The molecule has 0 bridgehead atoms. The van der Waals surface area contributed by atoms with Gasteiger partial charge in [-0.25, -0.2) is 14.2 Å². The minimum Gasteiger partial charge on any atom is -0.450 e. The van der Waals surface area contributed by atoms with Gasteiger partial charge < -0.3 is 15.4 Å². The molecule has 0 fully saturated rings. The fourth-order valence-corrected chi connectivity index (χ4v) is 3.10. The number of halogens is 1. The molecule has 1 aromatic carbocycles. The number of rotatable bonds is 8.